The van der Waals surface area contributed by atoms with E-state index in [0.717, 1.165) is 16.3 Å². The Kier molecular flexibility index (Phi) is 3.81. The highest BCUT2D eigenvalue weighted by molar-refractivity contribution is 5.85. The Labute approximate surface area is 112 Å². The van der Waals surface area contributed by atoms with Crippen LogP contribution in [0.2, 0.25) is 0 Å². The third-order valence-electron chi connectivity index (χ3n) is 3.19. The van der Waals surface area contributed by atoms with Gasteiger partial charge in [-0.25, -0.2) is 0 Å². The first-order valence-electron chi connectivity index (χ1n) is 6.19. The first kappa shape index (κ1) is 13.5. The fourth-order valence-electron chi connectivity index (χ4n) is 1.99. The van der Waals surface area contributed by atoms with Crippen molar-refractivity contribution in [3.8, 4) is 0 Å². The zero-order valence-electron chi connectivity index (χ0n) is 11.4. The normalized spacial score (nSPS) is 11.5. The number of benzene rings is 1. The topological polar surface area (TPSA) is 51.2 Å². The summed E-state index contributed by atoms with van der Waals surface area (Å²) in [6.07, 6.45) is 3.61. The van der Waals surface area contributed by atoms with E-state index in [4.69, 9.17) is 4.74 Å². The van der Waals surface area contributed by atoms with Crippen molar-refractivity contribution in [1.82, 2.24) is 10.3 Å². The first-order chi connectivity index (χ1) is 9.04. The van der Waals surface area contributed by atoms with Crippen LogP contribution in [0, 0.1) is 0 Å². The Morgan fingerprint density at radius 3 is 2.89 bits per heavy atom. The maximum atomic E-state index is 11.6. The Bertz CT molecular complexity index is 588. The number of nitrogens with zero attached hydrogens (tertiary/aromatic N) is 1. The molecular weight excluding hydrogens is 240 g/mol. The van der Waals surface area contributed by atoms with Gasteiger partial charge >= 0.3 is 5.97 Å². The van der Waals surface area contributed by atoms with Crippen LogP contribution in [-0.2, 0) is 16.1 Å². The fourth-order valence-corrected chi connectivity index (χ4v) is 1.99. The predicted octanol–water partition coefficient (Wildman–Crippen LogP) is 2.28. The van der Waals surface area contributed by atoms with Gasteiger partial charge in [-0.2, -0.15) is 0 Å². The van der Waals surface area contributed by atoms with Crippen LogP contribution in [0.25, 0.3) is 10.8 Å². The molecule has 0 aliphatic rings. The van der Waals surface area contributed by atoms with Crippen molar-refractivity contribution in [2.75, 3.05) is 7.11 Å². The van der Waals surface area contributed by atoms with Crippen LogP contribution in [0.5, 0.6) is 0 Å². The highest BCUT2D eigenvalue weighted by Gasteiger charge is 2.27. The minimum atomic E-state index is -0.704. The maximum absolute atomic E-state index is 11.6. The van der Waals surface area contributed by atoms with E-state index in [1.165, 1.54) is 7.11 Å². The zero-order chi connectivity index (χ0) is 13.9. The lowest BCUT2D eigenvalue weighted by molar-refractivity contribution is -0.147. The van der Waals surface area contributed by atoms with Crippen LogP contribution in [0.15, 0.2) is 36.7 Å². The molecule has 0 aliphatic carbocycles. The Morgan fingerprint density at radius 1 is 1.37 bits per heavy atom. The average molecular weight is 258 g/mol. The number of fused-ring (bicyclic) bond motifs is 1. The van der Waals surface area contributed by atoms with E-state index < -0.39 is 5.54 Å². The summed E-state index contributed by atoms with van der Waals surface area (Å²) in [6, 6.07) is 8.05. The molecule has 0 spiro atoms. The number of esters is 1. The van der Waals surface area contributed by atoms with E-state index in [2.05, 4.69) is 10.3 Å². The Balaban J connectivity index is 2.21. The van der Waals surface area contributed by atoms with Gasteiger partial charge < -0.3 is 4.74 Å². The van der Waals surface area contributed by atoms with Gasteiger partial charge in [0.05, 0.1) is 7.11 Å². The van der Waals surface area contributed by atoms with Crippen molar-refractivity contribution in [2.24, 2.45) is 0 Å². The van der Waals surface area contributed by atoms with E-state index in [-0.39, 0.29) is 5.97 Å². The molecule has 0 bridgehead atoms. The summed E-state index contributed by atoms with van der Waals surface area (Å²) < 4.78 is 4.78. The Hall–Kier alpha value is -1.94. The summed E-state index contributed by atoms with van der Waals surface area (Å²) in [5, 5.41) is 5.46. The molecule has 0 amide bonds. The number of nitrogens with one attached hydrogen (secondary N) is 1. The molecule has 1 N–H and O–H groups in total. The molecule has 1 aromatic carbocycles. The van der Waals surface area contributed by atoms with Gasteiger partial charge in [-0.05, 0) is 30.9 Å². The molecule has 4 nitrogen and oxygen atoms in total. The lowest BCUT2D eigenvalue weighted by Gasteiger charge is -2.23. The quantitative estimate of drug-likeness (QED) is 0.855. The molecule has 19 heavy (non-hydrogen) atoms. The van der Waals surface area contributed by atoms with Crippen molar-refractivity contribution in [1.29, 1.82) is 0 Å². The zero-order valence-corrected chi connectivity index (χ0v) is 11.4. The van der Waals surface area contributed by atoms with Gasteiger partial charge in [0.1, 0.15) is 5.54 Å². The smallest absolute Gasteiger partial charge is 0.325 e. The monoisotopic (exact) mass is 258 g/mol. The minimum Gasteiger partial charge on any atom is -0.468 e. The second-order valence-corrected chi connectivity index (χ2v) is 4.98. The average Bonchev–Trinajstić information content (AvgIpc) is 2.44. The maximum Gasteiger partial charge on any atom is 0.325 e. The number of aromatic nitrogens is 1. The molecule has 100 valence electrons. The second-order valence-electron chi connectivity index (χ2n) is 4.98. The van der Waals surface area contributed by atoms with Gasteiger partial charge in [-0.3, -0.25) is 15.1 Å². The molecule has 1 heterocycles. The van der Waals surface area contributed by atoms with E-state index in [9.17, 15) is 4.79 Å². The van der Waals surface area contributed by atoms with E-state index in [1.807, 2.05) is 44.3 Å². The molecule has 0 saturated carbocycles. The number of carbonyl (C=O) groups is 1. The number of hydrogen-bond acceptors (Lipinski definition) is 4. The van der Waals surface area contributed by atoms with Crippen LogP contribution in [0.1, 0.15) is 19.4 Å². The van der Waals surface area contributed by atoms with Crippen molar-refractivity contribution >= 4 is 16.7 Å². The van der Waals surface area contributed by atoms with Crippen molar-refractivity contribution in [3.63, 3.8) is 0 Å². The van der Waals surface area contributed by atoms with Crippen LogP contribution >= 0.6 is 0 Å². The number of ether oxygens (including phenoxy) is 1. The molecule has 1 aromatic heterocycles. The third kappa shape index (κ3) is 2.90. The largest absolute Gasteiger partial charge is 0.468 e. The summed E-state index contributed by atoms with van der Waals surface area (Å²) in [7, 11) is 1.40. The molecule has 0 radical (unpaired) electrons. The highest BCUT2D eigenvalue weighted by Crippen LogP contribution is 2.18. The summed E-state index contributed by atoms with van der Waals surface area (Å²) in [5.41, 5.74) is 0.432. The molecule has 0 unspecified atom stereocenters. The van der Waals surface area contributed by atoms with E-state index >= 15 is 0 Å². The SMILES string of the molecule is COC(=O)C(C)(C)NCc1cccc2cnccc12. The van der Waals surface area contributed by atoms with Gasteiger partial charge in [-0.1, -0.05) is 18.2 Å². The third-order valence-corrected chi connectivity index (χ3v) is 3.19. The predicted molar refractivity (Wildman–Crippen MR) is 74.7 cm³/mol. The summed E-state index contributed by atoms with van der Waals surface area (Å²) in [5.74, 6) is -0.269. The van der Waals surface area contributed by atoms with Crippen molar-refractivity contribution in [3.05, 3.63) is 42.2 Å². The molecule has 0 aliphatic heterocycles. The molecular formula is C15H18N2O2. The van der Waals surface area contributed by atoms with Crippen LogP contribution in [0.4, 0.5) is 0 Å². The number of methoxy groups -OCH3 is 1. The van der Waals surface area contributed by atoms with Crippen molar-refractivity contribution in [2.45, 2.75) is 25.9 Å². The fraction of sp³-hybridized carbons (Fsp3) is 0.333. The minimum absolute atomic E-state index is 0.269. The summed E-state index contributed by atoms with van der Waals surface area (Å²) in [6.45, 7) is 4.22. The lowest BCUT2D eigenvalue weighted by atomic mass is 10.0. The second kappa shape index (κ2) is 5.36. The molecule has 2 rings (SSSR count). The molecule has 4 heteroatoms. The van der Waals surface area contributed by atoms with Gasteiger partial charge in [0.15, 0.2) is 0 Å². The van der Waals surface area contributed by atoms with Gasteiger partial charge in [-0.15, -0.1) is 0 Å². The number of hydrogen-bond donors (Lipinski definition) is 1. The number of rotatable bonds is 4. The van der Waals surface area contributed by atoms with E-state index in [0.29, 0.717) is 6.54 Å². The van der Waals surface area contributed by atoms with Gasteiger partial charge in [0.2, 0.25) is 0 Å². The number of carbonyl (C=O) groups excluding carboxylic acids is 1. The van der Waals surface area contributed by atoms with Crippen LogP contribution in [-0.4, -0.2) is 23.6 Å². The standard InChI is InChI=1S/C15H18N2O2/c1-15(2,14(18)19-3)17-10-12-6-4-5-11-9-16-8-7-13(11)12/h4-9,17H,10H2,1-3H3. The van der Waals surface area contributed by atoms with Gasteiger partial charge in [0, 0.05) is 24.3 Å². The van der Waals surface area contributed by atoms with E-state index in [1.54, 1.807) is 6.20 Å². The molecule has 0 atom stereocenters. The first-order valence-corrected chi connectivity index (χ1v) is 6.19. The summed E-state index contributed by atoms with van der Waals surface area (Å²) >= 11 is 0. The highest BCUT2D eigenvalue weighted by atomic mass is 16.5. The van der Waals surface area contributed by atoms with Gasteiger partial charge in [0.25, 0.3) is 0 Å². The van der Waals surface area contributed by atoms with Crippen LogP contribution in [0.3, 0.4) is 0 Å². The number of pyridine rings is 1. The lowest BCUT2D eigenvalue weighted by Crippen LogP contribution is -2.46. The van der Waals surface area contributed by atoms with Crippen LogP contribution < -0.4 is 5.32 Å². The molecule has 2 aromatic rings. The Morgan fingerprint density at radius 2 is 2.16 bits per heavy atom. The van der Waals surface area contributed by atoms with Crippen molar-refractivity contribution < 1.29 is 9.53 Å². The molecule has 0 saturated heterocycles. The summed E-state index contributed by atoms with van der Waals surface area (Å²) in [4.78, 5) is 15.7. The molecule has 0 fully saturated rings.